The highest BCUT2D eigenvalue weighted by molar-refractivity contribution is 5.96. The number of piperidine rings is 1. The molecule has 2 N–H and O–H groups in total. The molecule has 0 radical (unpaired) electrons. The Morgan fingerprint density at radius 1 is 1.25 bits per heavy atom. The molecular weight excluding hydrogens is 310 g/mol. The molecule has 1 aromatic carbocycles. The van der Waals surface area contributed by atoms with Gasteiger partial charge in [-0.2, -0.15) is 0 Å². The van der Waals surface area contributed by atoms with E-state index >= 15 is 0 Å². The van der Waals surface area contributed by atoms with Crippen molar-refractivity contribution < 1.29 is 19.1 Å². The smallest absolute Gasteiger partial charge is 0.269 e. The zero-order chi connectivity index (χ0) is 16.9. The van der Waals surface area contributed by atoms with Crippen LogP contribution in [-0.2, 0) is 4.79 Å². The molecule has 7 nitrogen and oxygen atoms in total. The first-order valence-corrected chi connectivity index (χ1v) is 7.86. The number of rotatable bonds is 3. The number of hydrazine groups is 1. The van der Waals surface area contributed by atoms with E-state index in [4.69, 9.17) is 15.9 Å². The number of carbonyl (C=O) groups is 2. The summed E-state index contributed by atoms with van der Waals surface area (Å²) in [5, 5.41) is 0. The van der Waals surface area contributed by atoms with Crippen LogP contribution in [0.1, 0.15) is 29.6 Å². The molecule has 24 heavy (non-hydrogen) atoms. The molecule has 126 valence electrons. The van der Waals surface area contributed by atoms with Gasteiger partial charge in [-0.15, -0.1) is 6.42 Å². The molecule has 0 unspecified atom stereocenters. The molecule has 3 rings (SSSR count). The van der Waals surface area contributed by atoms with Crippen LogP contribution in [0.4, 0.5) is 0 Å². The minimum Gasteiger partial charge on any atom is -0.454 e. The predicted octanol–water partition coefficient (Wildman–Crippen LogP) is 0.664. The summed E-state index contributed by atoms with van der Waals surface area (Å²) in [5.74, 6) is 3.02. The first kappa shape index (κ1) is 16.1. The van der Waals surface area contributed by atoms with Crippen LogP contribution in [0.5, 0.6) is 11.5 Å². The highest BCUT2D eigenvalue weighted by atomic mass is 16.7. The Bertz CT molecular complexity index is 683. The second kappa shape index (κ2) is 7.23. The van der Waals surface area contributed by atoms with E-state index in [0.29, 0.717) is 23.6 Å². The highest BCUT2D eigenvalue weighted by Gasteiger charge is 2.28. The third-order valence-corrected chi connectivity index (χ3v) is 4.14. The van der Waals surface area contributed by atoms with Gasteiger partial charge in [0.15, 0.2) is 11.5 Å². The van der Waals surface area contributed by atoms with Crippen molar-refractivity contribution in [1.29, 1.82) is 0 Å². The van der Waals surface area contributed by atoms with Gasteiger partial charge in [-0.25, -0.2) is 0 Å². The van der Waals surface area contributed by atoms with Crippen LogP contribution in [0.15, 0.2) is 18.2 Å². The Balaban J connectivity index is 1.57. The average Bonchev–Trinajstić information content (AvgIpc) is 3.08. The van der Waals surface area contributed by atoms with Gasteiger partial charge < -0.3 is 9.47 Å². The van der Waals surface area contributed by atoms with Crippen LogP contribution in [-0.4, -0.2) is 42.6 Å². The second-order valence-electron chi connectivity index (χ2n) is 5.70. The minimum absolute atomic E-state index is 0.143. The number of hydrogen-bond donors (Lipinski definition) is 2. The van der Waals surface area contributed by atoms with Crippen LogP contribution < -0.4 is 20.3 Å². The monoisotopic (exact) mass is 329 g/mol. The molecule has 0 spiro atoms. The fourth-order valence-corrected chi connectivity index (χ4v) is 2.91. The number of ether oxygens (including phenoxy) is 2. The summed E-state index contributed by atoms with van der Waals surface area (Å²) in [4.78, 5) is 26.4. The van der Waals surface area contributed by atoms with Gasteiger partial charge in [0.1, 0.15) is 0 Å². The van der Waals surface area contributed by atoms with Gasteiger partial charge in [0.25, 0.3) is 11.8 Å². The molecule has 2 aliphatic rings. The van der Waals surface area contributed by atoms with E-state index in [9.17, 15) is 9.59 Å². The van der Waals surface area contributed by atoms with Gasteiger partial charge in [0.05, 0.1) is 12.6 Å². The normalized spacial score (nSPS) is 19.4. The van der Waals surface area contributed by atoms with E-state index in [1.807, 2.05) is 4.90 Å². The Hall–Kier alpha value is -2.72. The van der Waals surface area contributed by atoms with E-state index in [1.165, 1.54) is 0 Å². The summed E-state index contributed by atoms with van der Waals surface area (Å²) in [7, 11) is 0. The lowest BCUT2D eigenvalue weighted by Gasteiger charge is -2.33. The van der Waals surface area contributed by atoms with Crippen molar-refractivity contribution in [2.24, 2.45) is 0 Å². The average molecular weight is 329 g/mol. The maximum absolute atomic E-state index is 12.3. The van der Waals surface area contributed by atoms with Gasteiger partial charge in [-0.3, -0.25) is 25.3 Å². The van der Waals surface area contributed by atoms with Crippen LogP contribution in [0, 0.1) is 12.3 Å². The zero-order valence-corrected chi connectivity index (χ0v) is 13.2. The molecule has 1 saturated heterocycles. The third-order valence-electron chi connectivity index (χ3n) is 4.14. The Morgan fingerprint density at radius 3 is 2.92 bits per heavy atom. The largest absolute Gasteiger partial charge is 0.454 e. The maximum atomic E-state index is 12.3. The van der Waals surface area contributed by atoms with Gasteiger partial charge in [-0.05, 0) is 37.6 Å². The number of amides is 2. The number of benzene rings is 1. The van der Waals surface area contributed by atoms with Crippen molar-refractivity contribution >= 4 is 11.8 Å². The van der Waals surface area contributed by atoms with Gasteiger partial charge in [0.2, 0.25) is 6.79 Å². The molecule has 0 bridgehead atoms. The fourth-order valence-electron chi connectivity index (χ4n) is 2.91. The summed E-state index contributed by atoms with van der Waals surface area (Å²) in [6.45, 7) is 1.36. The zero-order valence-electron chi connectivity index (χ0n) is 13.2. The number of hydrogen-bond acceptors (Lipinski definition) is 5. The first-order valence-electron chi connectivity index (χ1n) is 7.86. The quantitative estimate of drug-likeness (QED) is 0.629. The molecule has 7 heteroatoms. The molecule has 1 atom stereocenters. The van der Waals surface area contributed by atoms with Crippen molar-refractivity contribution in [3.63, 3.8) is 0 Å². The van der Waals surface area contributed by atoms with E-state index in [-0.39, 0.29) is 18.7 Å². The van der Waals surface area contributed by atoms with Crippen molar-refractivity contribution in [1.82, 2.24) is 15.8 Å². The number of nitrogens with one attached hydrogen (secondary N) is 2. The van der Waals surface area contributed by atoms with Gasteiger partial charge in [-0.1, -0.05) is 12.3 Å². The summed E-state index contributed by atoms with van der Waals surface area (Å²) >= 11 is 0. The molecule has 1 aromatic rings. The highest BCUT2D eigenvalue weighted by Crippen LogP contribution is 2.32. The number of carbonyl (C=O) groups excluding carboxylic acids is 2. The van der Waals surface area contributed by atoms with E-state index < -0.39 is 5.91 Å². The van der Waals surface area contributed by atoms with E-state index in [2.05, 4.69) is 16.8 Å². The standard InChI is InChI=1S/C17H19N3O4/c1-2-8-20-9-4-3-5-13(20)17(22)19-18-16(21)12-6-7-14-15(10-12)24-11-23-14/h1,6-7,10,13H,3-5,8-9,11H2,(H,18,21)(H,19,22)/t13-/m1/s1. The molecule has 2 heterocycles. The summed E-state index contributed by atoms with van der Waals surface area (Å²) < 4.78 is 10.4. The topological polar surface area (TPSA) is 79.9 Å². The lowest BCUT2D eigenvalue weighted by atomic mass is 10.0. The van der Waals surface area contributed by atoms with E-state index in [1.54, 1.807) is 18.2 Å². The van der Waals surface area contributed by atoms with Crippen molar-refractivity contribution in [2.45, 2.75) is 25.3 Å². The Morgan fingerprint density at radius 2 is 2.08 bits per heavy atom. The molecule has 0 saturated carbocycles. The van der Waals surface area contributed by atoms with Crippen molar-refractivity contribution in [3.8, 4) is 23.8 Å². The SMILES string of the molecule is C#CCN1CCCC[C@@H]1C(=O)NNC(=O)c1ccc2c(c1)OCO2. The minimum atomic E-state index is -0.416. The fraction of sp³-hybridized carbons (Fsp3) is 0.412. The van der Waals surface area contributed by atoms with Gasteiger partial charge >= 0.3 is 0 Å². The lowest BCUT2D eigenvalue weighted by molar-refractivity contribution is -0.128. The Kier molecular flexibility index (Phi) is 4.87. The maximum Gasteiger partial charge on any atom is 0.269 e. The summed E-state index contributed by atoms with van der Waals surface area (Å²) in [6.07, 6.45) is 8.07. The number of nitrogens with zero attached hydrogens (tertiary/aromatic N) is 1. The third kappa shape index (κ3) is 3.44. The summed E-state index contributed by atoms with van der Waals surface area (Å²) in [6, 6.07) is 4.54. The number of fused-ring (bicyclic) bond motifs is 1. The van der Waals surface area contributed by atoms with Gasteiger partial charge in [0, 0.05) is 5.56 Å². The second-order valence-corrected chi connectivity index (χ2v) is 5.70. The van der Waals surface area contributed by atoms with E-state index in [0.717, 1.165) is 25.8 Å². The molecule has 0 aromatic heterocycles. The van der Waals surface area contributed by atoms with Crippen LogP contribution in [0.25, 0.3) is 0 Å². The number of terminal acetylenes is 1. The first-order chi connectivity index (χ1) is 11.7. The van der Waals surface area contributed by atoms with Crippen molar-refractivity contribution in [3.05, 3.63) is 23.8 Å². The van der Waals surface area contributed by atoms with Crippen LogP contribution in [0.3, 0.4) is 0 Å². The number of likely N-dealkylation sites (tertiary alicyclic amines) is 1. The molecule has 0 aliphatic carbocycles. The lowest BCUT2D eigenvalue weighted by Crippen LogP contribution is -2.54. The Labute approximate surface area is 140 Å². The van der Waals surface area contributed by atoms with Crippen LogP contribution >= 0.6 is 0 Å². The van der Waals surface area contributed by atoms with Crippen molar-refractivity contribution in [2.75, 3.05) is 19.9 Å². The molecule has 2 aliphatic heterocycles. The predicted molar refractivity (Wildman–Crippen MR) is 86.2 cm³/mol. The molecule has 1 fully saturated rings. The molecule has 2 amide bonds. The summed E-state index contributed by atoms with van der Waals surface area (Å²) in [5.41, 5.74) is 5.30. The van der Waals surface area contributed by atoms with Crippen LogP contribution in [0.2, 0.25) is 0 Å². The molecular formula is C17H19N3O4.